The lowest BCUT2D eigenvalue weighted by atomic mass is 10.1. The zero-order valence-electron chi connectivity index (χ0n) is 20.0. The second kappa shape index (κ2) is 10.1. The van der Waals surface area contributed by atoms with E-state index >= 15 is 0 Å². The molecule has 0 aliphatic carbocycles. The van der Waals surface area contributed by atoms with Crippen molar-refractivity contribution in [3.8, 4) is 5.75 Å². The van der Waals surface area contributed by atoms with Crippen molar-refractivity contribution in [3.63, 3.8) is 0 Å². The first kappa shape index (κ1) is 26.5. The van der Waals surface area contributed by atoms with Crippen LogP contribution < -0.4 is 20.3 Å². The third-order valence-electron chi connectivity index (χ3n) is 5.54. The normalized spacial score (nSPS) is 14.8. The van der Waals surface area contributed by atoms with Gasteiger partial charge in [0, 0.05) is 19.3 Å². The van der Waals surface area contributed by atoms with Crippen LogP contribution in [0.1, 0.15) is 25.8 Å². The molecule has 0 radical (unpaired) electrons. The van der Waals surface area contributed by atoms with E-state index in [0.717, 1.165) is 6.07 Å². The molecule has 198 valence electrons. The molecule has 15 heteroatoms. The summed E-state index contributed by atoms with van der Waals surface area (Å²) in [6.07, 6.45) is 2.14. The highest BCUT2D eigenvalue weighted by Gasteiger charge is 2.30. The average molecular weight is 551 g/mol. The fourth-order valence-corrected chi connectivity index (χ4v) is 5.79. The maximum atomic E-state index is 13.5. The van der Waals surface area contributed by atoms with Gasteiger partial charge in [-0.25, -0.2) is 4.98 Å². The van der Waals surface area contributed by atoms with E-state index in [2.05, 4.69) is 24.1 Å². The number of benzene rings is 1. The lowest BCUT2D eigenvalue weighted by Crippen LogP contribution is -2.33. The van der Waals surface area contributed by atoms with Crippen molar-refractivity contribution >= 4 is 48.5 Å². The molecule has 0 spiro atoms. The molecule has 5 N–H and O–H groups in total. The highest BCUT2D eigenvalue weighted by atomic mass is 32.2. The van der Waals surface area contributed by atoms with Gasteiger partial charge in [0.2, 0.25) is 0 Å². The molecular weight excluding hydrogens is 524 g/mol. The molecule has 0 saturated carbocycles. The Morgan fingerprint density at radius 1 is 1.22 bits per heavy atom. The second-order valence-corrected chi connectivity index (χ2v) is 11.8. The molecule has 37 heavy (non-hydrogen) atoms. The fourth-order valence-electron chi connectivity index (χ4n) is 3.77. The van der Waals surface area contributed by atoms with Crippen molar-refractivity contribution in [1.82, 2.24) is 14.3 Å². The van der Waals surface area contributed by atoms with E-state index in [1.807, 2.05) is 13.8 Å². The quantitative estimate of drug-likeness (QED) is 0.258. The van der Waals surface area contributed by atoms with Crippen LogP contribution in [-0.4, -0.2) is 55.6 Å². The van der Waals surface area contributed by atoms with Gasteiger partial charge < -0.3 is 15.5 Å². The van der Waals surface area contributed by atoms with Crippen LogP contribution in [0.5, 0.6) is 5.75 Å². The maximum absolute atomic E-state index is 13.5. The Hall–Kier alpha value is -3.53. The van der Waals surface area contributed by atoms with Gasteiger partial charge in [0.15, 0.2) is 5.84 Å². The first-order valence-electron chi connectivity index (χ1n) is 11.3. The van der Waals surface area contributed by atoms with Crippen LogP contribution in [0.3, 0.4) is 0 Å². The molecule has 3 aromatic rings. The fraction of sp³-hybridized carbons (Fsp3) is 0.318. The number of amidine groups is 1. The predicted octanol–water partition coefficient (Wildman–Crippen LogP) is 0.948. The molecule has 0 unspecified atom stereocenters. The maximum Gasteiger partial charge on any atom is 0.299 e. The Morgan fingerprint density at radius 2 is 1.97 bits per heavy atom. The number of aliphatic hydroxyl groups is 1. The Kier molecular flexibility index (Phi) is 7.23. The van der Waals surface area contributed by atoms with Gasteiger partial charge in [-0.1, -0.05) is 13.8 Å². The largest absolute Gasteiger partial charge is 0.506 e. The SMILES string of the molecule is CC(C)CCn1c(=O)c(C2=NS(=O)(=O)c3cc(NS(=O)(=O)NCCO)ccc3N2)c(O)c2cccnc21. The van der Waals surface area contributed by atoms with E-state index in [4.69, 9.17) is 5.11 Å². The van der Waals surface area contributed by atoms with E-state index in [1.165, 1.54) is 22.9 Å². The first-order chi connectivity index (χ1) is 17.4. The smallest absolute Gasteiger partial charge is 0.299 e. The van der Waals surface area contributed by atoms with Crippen molar-refractivity contribution in [2.75, 3.05) is 23.2 Å². The van der Waals surface area contributed by atoms with Gasteiger partial charge in [0.1, 0.15) is 21.9 Å². The third kappa shape index (κ3) is 5.44. The van der Waals surface area contributed by atoms with E-state index in [0.29, 0.717) is 13.0 Å². The number of aliphatic hydroxyl groups excluding tert-OH is 1. The van der Waals surface area contributed by atoms with Crippen molar-refractivity contribution in [2.45, 2.75) is 31.7 Å². The molecule has 0 fully saturated rings. The predicted molar refractivity (Wildman–Crippen MR) is 139 cm³/mol. The Balaban J connectivity index is 1.80. The van der Waals surface area contributed by atoms with Crippen molar-refractivity contribution in [3.05, 3.63) is 52.4 Å². The molecule has 2 aromatic heterocycles. The van der Waals surface area contributed by atoms with Crippen molar-refractivity contribution in [2.24, 2.45) is 10.3 Å². The Bertz CT molecular complexity index is 1660. The number of aromatic hydroxyl groups is 1. The van der Waals surface area contributed by atoms with Gasteiger partial charge in [0.05, 0.1) is 23.4 Å². The summed E-state index contributed by atoms with van der Waals surface area (Å²) in [6.45, 7) is 3.64. The first-order valence-corrected chi connectivity index (χ1v) is 14.2. The number of nitrogens with one attached hydrogen (secondary N) is 3. The number of rotatable bonds is 9. The minimum absolute atomic E-state index is 0.0371. The van der Waals surface area contributed by atoms with Gasteiger partial charge >= 0.3 is 0 Å². The summed E-state index contributed by atoms with van der Waals surface area (Å²) < 4.78 is 59.6. The lowest BCUT2D eigenvalue weighted by molar-refractivity contribution is 0.301. The standard InChI is InChI=1S/C22H26N6O7S2/c1-13(2)7-10-28-21-15(4-3-8-23-21)19(30)18(22(28)31)20-25-16-6-5-14(12-17(16)36(32,33)27-20)26-37(34,35)24-9-11-29/h3-6,8,12-13,24,26,29-30H,7,9-11H2,1-2H3,(H,25,27). The summed E-state index contributed by atoms with van der Waals surface area (Å²) in [6, 6.07) is 6.85. The van der Waals surface area contributed by atoms with E-state index in [1.54, 1.807) is 12.1 Å². The van der Waals surface area contributed by atoms with Crippen LogP contribution in [-0.2, 0) is 26.8 Å². The van der Waals surface area contributed by atoms with Crippen LogP contribution in [0, 0.1) is 5.92 Å². The number of sulfonamides is 1. The second-order valence-electron chi connectivity index (χ2n) is 8.71. The summed E-state index contributed by atoms with van der Waals surface area (Å²) in [5.41, 5.74) is -0.746. The zero-order chi connectivity index (χ0) is 27.0. The number of hydrogen-bond donors (Lipinski definition) is 5. The molecule has 0 saturated heterocycles. The molecule has 4 rings (SSSR count). The molecule has 0 atom stereocenters. The van der Waals surface area contributed by atoms with Gasteiger partial charge in [-0.2, -0.15) is 21.6 Å². The minimum Gasteiger partial charge on any atom is -0.506 e. The summed E-state index contributed by atoms with van der Waals surface area (Å²) in [7, 11) is -8.46. The van der Waals surface area contributed by atoms with Crippen LogP contribution in [0.2, 0.25) is 0 Å². The van der Waals surface area contributed by atoms with Gasteiger partial charge in [-0.05, 0) is 42.7 Å². The highest BCUT2D eigenvalue weighted by Crippen LogP contribution is 2.33. The van der Waals surface area contributed by atoms with Gasteiger partial charge in [-0.15, -0.1) is 4.40 Å². The number of nitrogens with zero attached hydrogens (tertiary/aromatic N) is 3. The van der Waals surface area contributed by atoms with Crippen LogP contribution in [0.25, 0.3) is 11.0 Å². The number of hydrogen-bond acceptors (Lipinski definition) is 9. The molecule has 0 bridgehead atoms. The summed E-state index contributed by atoms with van der Waals surface area (Å²) in [4.78, 5) is 17.4. The monoisotopic (exact) mass is 550 g/mol. The molecular formula is C22H26N6O7S2. The van der Waals surface area contributed by atoms with Crippen molar-refractivity contribution in [1.29, 1.82) is 0 Å². The topological polar surface area (TPSA) is 192 Å². The van der Waals surface area contributed by atoms with E-state index in [-0.39, 0.29) is 51.2 Å². The molecule has 1 aromatic carbocycles. The van der Waals surface area contributed by atoms with Crippen LogP contribution in [0.4, 0.5) is 11.4 Å². The minimum atomic E-state index is -4.40. The van der Waals surface area contributed by atoms with Gasteiger partial charge in [0.25, 0.3) is 25.8 Å². The van der Waals surface area contributed by atoms with Crippen LogP contribution in [0.15, 0.2) is 50.6 Å². The average Bonchev–Trinajstić information content (AvgIpc) is 2.82. The third-order valence-corrected chi connectivity index (χ3v) is 7.95. The number of aryl methyl sites for hydroxylation is 1. The zero-order valence-corrected chi connectivity index (χ0v) is 21.6. The van der Waals surface area contributed by atoms with E-state index < -0.39 is 38.1 Å². The van der Waals surface area contributed by atoms with E-state index in [9.17, 15) is 26.7 Å². The lowest BCUT2D eigenvalue weighted by Gasteiger charge is -2.21. The highest BCUT2D eigenvalue weighted by molar-refractivity contribution is 7.91. The number of anilines is 2. The van der Waals surface area contributed by atoms with Crippen LogP contribution >= 0.6 is 0 Å². The molecule has 13 nitrogen and oxygen atoms in total. The number of pyridine rings is 2. The summed E-state index contributed by atoms with van der Waals surface area (Å²) in [5.74, 6) is -0.555. The number of fused-ring (bicyclic) bond motifs is 2. The van der Waals surface area contributed by atoms with Crippen molar-refractivity contribution < 1.29 is 27.0 Å². The Morgan fingerprint density at radius 3 is 2.68 bits per heavy atom. The Labute approximate surface area is 213 Å². The number of aromatic nitrogens is 2. The molecule has 3 heterocycles. The summed E-state index contributed by atoms with van der Waals surface area (Å²) >= 11 is 0. The molecule has 1 aliphatic heterocycles. The van der Waals surface area contributed by atoms with Gasteiger partial charge in [-0.3, -0.25) is 14.1 Å². The molecule has 1 aliphatic rings. The molecule has 0 amide bonds. The summed E-state index contributed by atoms with van der Waals surface area (Å²) in [5, 5.41) is 22.8.